The van der Waals surface area contributed by atoms with Crippen LogP contribution in [0.5, 0.6) is 0 Å². The van der Waals surface area contributed by atoms with Crippen molar-refractivity contribution < 1.29 is 28.1 Å². The van der Waals surface area contributed by atoms with Crippen LogP contribution in [-0.2, 0) is 37.0 Å². The predicted molar refractivity (Wildman–Crippen MR) is 138 cm³/mol. The Labute approximate surface area is 219 Å². The van der Waals surface area contributed by atoms with Crippen LogP contribution in [0.3, 0.4) is 0 Å². The molecule has 0 aromatic heterocycles. The predicted octanol–water partition coefficient (Wildman–Crippen LogP) is 6.23. The smallest absolute Gasteiger partial charge is 0.303 e. The highest BCUT2D eigenvalue weighted by molar-refractivity contribution is 7.99. The van der Waals surface area contributed by atoms with E-state index in [-0.39, 0.29) is 13.2 Å². The number of carbonyl (C=O) groups is 1. The monoisotopic (exact) mass is 530 g/mol. The summed E-state index contributed by atoms with van der Waals surface area (Å²) in [5.74, 6) is -0.541. The van der Waals surface area contributed by atoms with Crippen molar-refractivity contribution in [3.63, 3.8) is 0 Å². The molecule has 3 aromatic rings. The lowest BCUT2D eigenvalue weighted by atomic mass is 10.00. The summed E-state index contributed by atoms with van der Waals surface area (Å²) in [5, 5.41) is 0.590. The first-order valence-electron chi connectivity index (χ1n) is 11.7. The molecule has 5 nitrogen and oxygen atoms in total. The lowest BCUT2D eigenvalue weighted by Gasteiger charge is -2.42. The molecule has 0 radical (unpaired) electrons. The molecule has 0 saturated carbocycles. The van der Waals surface area contributed by atoms with Gasteiger partial charge in [0.2, 0.25) is 0 Å². The molecule has 3 aromatic carbocycles. The Morgan fingerprint density at radius 3 is 2.14 bits per heavy atom. The van der Waals surface area contributed by atoms with Crippen LogP contribution in [0.15, 0.2) is 89.8 Å². The number of benzene rings is 3. The van der Waals surface area contributed by atoms with Crippen molar-refractivity contribution in [2.45, 2.75) is 55.0 Å². The molecule has 0 spiro atoms. The average molecular weight is 531 g/mol. The Morgan fingerprint density at radius 1 is 0.917 bits per heavy atom. The van der Waals surface area contributed by atoms with E-state index >= 15 is 4.39 Å². The summed E-state index contributed by atoms with van der Waals surface area (Å²) in [6.45, 7) is 1.90. The maximum absolute atomic E-state index is 15.9. The highest BCUT2D eigenvalue weighted by Crippen LogP contribution is 2.38. The van der Waals surface area contributed by atoms with Crippen LogP contribution >= 0.6 is 23.4 Å². The summed E-state index contributed by atoms with van der Waals surface area (Å²) in [6.07, 6.45) is -4.31. The quantitative estimate of drug-likeness (QED) is 0.290. The molecule has 1 aliphatic rings. The fraction of sp³-hybridized carbons (Fsp3) is 0.321. The van der Waals surface area contributed by atoms with E-state index in [0.29, 0.717) is 11.6 Å². The molecule has 0 bridgehead atoms. The molecule has 0 N–H and O–H groups in total. The first kappa shape index (κ1) is 26.6. The zero-order valence-electron chi connectivity index (χ0n) is 19.8. The summed E-state index contributed by atoms with van der Waals surface area (Å²) in [6, 6.07) is 26.3. The minimum Gasteiger partial charge on any atom is -0.457 e. The maximum Gasteiger partial charge on any atom is 0.303 e. The minimum atomic E-state index is -1.57. The van der Waals surface area contributed by atoms with Gasteiger partial charge in [-0.25, -0.2) is 4.39 Å². The Morgan fingerprint density at radius 2 is 1.53 bits per heavy atom. The SMILES string of the molecule is CC(=O)O[C@H]1[C@H](OCc2ccccc2)[C@@H](F)[C@@H](Sc2ccc(Cl)cc2)O[C@@H]1COCc1ccccc1. The maximum atomic E-state index is 15.9. The van der Waals surface area contributed by atoms with Crippen molar-refractivity contribution in [3.05, 3.63) is 101 Å². The van der Waals surface area contributed by atoms with Crippen molar-refractivity contribution >= 4 is 29.3 Å². The second-order valence-corrected chi connectivity index (χ2v) is 10.0. The summed E-state index contributed by atoms with van der Waals surface area (Å²) in [4.78, 5) is 12.8. The number of rotatable bonds is 10. The van der Waals surface area contributed by atoms with Gasteiger partial charge in [-0.3, -0.25) is 4.79 Å². The first-order chi connectivity index (χ1) is 17.5. The van der Waals surface area contributed by atoms with Crippen LogP contribution in [0.4, 0.5) is 4.39 Å². The number of alkyl halides is 1. The van der Waals surface area contributed by atoms with Gasteiger partial charge in [-0.05, 0) is 35.4 Å². The number of hydrogen-bond donors (Lipinski definition) is 0. The Bertz CT molecular complexity index is 1090. The lowest BCUT2D eigenvalue weighted by molar-refractivity contribution is -0.224. The Hall–Kier alpha value is -2.42. The van der Waals surface area contributed by atoms with E-state index in [1.165, 1.54) is 18.7 Å². The molecule has 1 heterocycles. The Kier molecular flexibility index (Phi) is 9.78. The van der Waals surface area contributed by atoms with Crippen LogP contribution in [0.2, 0.25) is 5.02 Å². The minimum absolute atomic E-state index is 0.0996. The number of carbonyl (C=O) groups excluding carboxylic acids is 1. The van der Waals surface area contributed by atoms with Crippen molar-refractivity contribution in [1.82, 2.24) is 0 Å². The second kappa shape index (κ2) is 13.2. The summed E-state index contributed by atoms with van der Waals surface area (Å²) >= 11 is 7.23. The number of hydrogen-bond acceptors (Lipinski definition) is 6. The topological polar surface area (TPSA) is 54.0 Å². The Balaban J connectivity index is 1.53. The number of esters is 1. The molecule has 8 heteroatoms. The molecule has 1 fully saturated rings. The van der Waals surface area contributed by atoms with E-state index in [9.17, 15) is 4.79 Å². The standard InChI is InChI=1S/C28H28ClFO5S/c1-19(31)34-26-24(18-32-16-20-8-4-2-5-9-20)35-28(36-23-14-12-22(29)13-15-23)25(30)27(26)33-17-21-10-6-3-7-11-21/h2-15,24-28H,16-18H2,1H3/t24-,25-,26-,27-,28-/m1/s1. The first-order valence-corrected chi connectivity index (χ1v) is 12.9. The van der Waals surface area contributed by atoms with E-state index in [1.807, 2.05) is 72.8 Å². The van der Waals surface area contributed by atoms with Gasteiger partial charge in [0.05, 0.1) is 19.8 Å². The number of ether oxygens (including phenoxy) is 4. The number of halogens is 2. The third-order valence-electron chi connectivity index (χ3n) is 5.62. The fourth-order valence-electron chi connectivity index (χ4n) is 3.90. The van der Waals surface area contributed by atoms with Gasteiger partial charge in [0.1, 0.15) is 17.6 Å². The number of thioether (sulfide) groups is 1. The van der Waals surface area contributed by atoms with Gasteiger partial charge in [0.25, 0.3) is 0 Å². The lowest BCUT2D eigenvalue weighted by Crippen LogP contribution is -2.58. The molecule has 4 rings (SSSR count). The van der Waals surface area contributed by atoms with E-state index in [1.54, 1.807) is 12.1 Å². The highest BCUT2D eigenvalue weighted by Gasteiger charge is 2.49. The van der Waals surface area contributed by atoms with Crippen molar-refractivity contribution in [1.29, 1.82) is 0 Å². The molecule has 1 aliphatic heterocycles. The van der Waals surface area contributed by atoms with Gasteiger partial charge in [-0.1, -0.05) is 84.0 Å². The van der Waals surface area contributed by atoms with Gasteiger partial charge >= 0.3 is 5.97 Å². The largest absolute Gasteiger partial charge is 0.457 e. The van der Waals surface area contributed by atoms with Crippen molar-refractivity contribution in [2.75, 3.05) is 6.61 Å². The van der Waals surface area contributed by atoms with Crippen LogP contribution in [0.1, 0.15) is 18.1 Å². The average Bonchev–Trinajstić information content (AvgIpc) is 2.88. The molecule has 0 aliphatic carbocycles. The van der Waals surface area contributed by atoms with Crippen LogP contribution in [0.25, 0.3) is 0 Å². The second-order valence-electron chi connectivity index (χ2n) is 8.40. The zero-order valence-corrected chi connectivity index (χ0v) is 21.4. The molecule has 5 atom stereocenters. The molecule has 0 amide bonds. The van der Waals surface area contributed by atoms with E-state index < -0.39 is 35.9 Å². The van der Waals surface area contributed by atoms with Crippen LogP contribution in [-0.4, -0.2) is 42.5 Å². The third-order valence-corrected chi connectivity index (χ3v) is 7.02. The summed E-state index contributed by atoms with van der Waals surface area (Å²) in [5.41, 5.74) is 0.977. The van der Waals surface area contributed by atoms with E-state index in [4.69, 9.17) is 30.5 Å². The summed E-state index contributed by atoms with van der Waals surface area (Å²) < 4.78 is 39.6. The summed E-state index contributed by atoms with van der Waals surface area (Å²) in [7, 11) is 0. The fourth-order valence-corrected chi connectivity index (χ4v) is 5.07. The molecular formula is C28H28ClFO5S. The van der Waals surface area contributed by atoms with Gasteiger partial charge in [0.15, 0.2) is 12.3 Å². The van der Waals surface area contributed by atoms with Gasteiger partial charge < -0.3 is 18.9 Å². The van der Waals surface area contributed by atoms with Crippen LogP contribution < -0.4 is 0 Å². The van der Waals surface area contributed by atoms with E-state index in [0.717, 1.165) is 16.0 Å². The van der Waals surface area contributed by atoms with Gasteiger partial charge in [0, 0.05) is 16.8 Å². The van der Waals surface area contributed by atoms with Gasteiger partial charge in [-0.2, -0.15) is 0 Å². The van der Waals surface area contributed by atoms with E-state index in [2.05, 4.69) is 0 Å². The van der Waals surface area contributed by atoms with Gasteiger partial charge in [-0.15, -0.1) is 0 Å². The normalized spacial score (nSPS) is 23.8. The molecule has 190 valence electrons. The van der Waals surface area contributed by atoms with Crippen molar-refractivity contribution in [3.8, 4) is 0 Å². The molecular weight excluding hydrogens is 503 g/mol. The molecule has 0 unspecified atom stereocenters. The van der Waals surface area contributed by atoms with Crippen LogP contribution in [0, 0.1) is 0 Å². The highest BCUT2D eigenvalue weighted by atomic mass is 35.5. The molecule has 1 saturated heterocycles. The third kappa shape index (κ3) is 7.54. The molecule has 36 heavy (non-hydrogen) atoms. The van der Waals surface area contributed by atoms with Crippen molar-refractivity contribution in [2.24, 2.45) is 0 Å². The zero-order chi connectivity index (χ0) is 25.3.